The van der Waals surface area contributed by atoms with Crippen LogP contribution in [0.4, 0.5) is 18.0 Å². The van der Waals surface area contributed by atoms with Gasteiger partial charge in [0.25, 0.3) is 5.78 Å². The van der Waals surface area contributed by atoms with E-state index < -0.39 is 29.6 Å². The maximum absolute atomic E-state index is 13.0. The second kappa shape index (κ2) is 5.57. The molecule has 0 aromatic heterocycles. The van der Waals surface area contributed by atoms with E-state index in [0.717, 1.165) is 0 Å². The van der Waals surface area contributed by atoms with Crippen molar-refractivity contribution in [1.29, 1.82) is 0 Å². The molecule has 3 rings (SSSR count). The summed E-state index contributed by atoms with van der Waals surface area (Å²) in [5, 5.41) is 2.51. The summed E-state index contributed by atoms with van der Waals surface area (Å²) in [4.78, 5) is 25.3. The molecule has 2 amide bonds. The molecule has 0 spiro atoms. The molecule has 23 heavy (non-hydrogen) atoms. The highest BCUT2D eigenvalue weighted by Gasteiger charge is 2.47. The second-order valence-electron chi connectivity index (χ2n) is 5.26. The van der Waals surface area contributed by atoms with Crippen molar-refractivity contribution in [3.05, 3.63) is 59.3 Å². The Bertz CT molecular complexity index is 708. The van der Waals surface area contributed by atoms with Crippen molar-refractivity contribution in [2.45, 2.75) is 18.6 Å². The average molecular weight is 322 g/mol. The smallest absolute Gasteiger partial charge is 0.327 e. The van der Waals surface area contributed by atoms with Gasteiger partial charge in [-0.25, -0.2) is 4.79 Å². The van der Waals surface area contributed by atoms with Gasteiger partial charge in [0.2, 0.25) is 0 Å². The highest BCUT2D eigenvalue weighted by atomic mass is 19.4. The van der Waals surface area contributed by atoms with Gasteiger partial charge in [0, 0.05) is 6.54 Å². The Morgan fingerprint density at radius 3 is 2.57 bits per heavy atom. The summed E-state index contributed by atoms with van der Waals surface area (Å²) < 4.78 is 39.1. The summed E-state index contributed by atoms with van der Waals surface area (Å²) in [7, 11) is 0. The minimum Gasteiger partial charge on any atom is -0.327 e. The van der Waals surface area contributed by atoms with Crippen LogP contribution in [0.15, 0.2) is 53.8 Å². The van der Waals surface area contributed by atoms with Crippen LogP contribution in [-0.2, 0) is 4.79 Å². The number of fused-ring (bicyclic) bond motifs is 1. The van der Waals surface area contributed by atoms with Crippen molar-refractivity contribution >= 4 is 11.8 Å². The van der Waals surface area contributed by atoms with Crippen LogP contribution in [0.2, 0.25) is 0 Å². The zero-order valence-corrected chi connectivity index (χ0v) is 11.9. The molecule has 2 aliphatic rings. The molecular formula is C16H13F3N2O2. The Kier molecular flexibility index (Phi) is 3.71. The molecule has 0 fully saturated rings. The van der Waals surface area contributed by atoms with Gasteiger partial charge in [-0.1, -0.05) is 36.4 Å². The van der Waals surface area contributed by atoms with Gasteiger partial charge in [-0.15, -0.1) is 0 Å². The van der Waals surface area contributed by atoms with Gasteiger partial charge < -0.3 is 5.32 Å². The van der Waals surface area contributed by atoms with Crippen molar-refractivity contribution in [2.24, 2.45) is 0 Å². The Morgan fingerprint density at radius 1 is 1.22 bits per heavy atom. The predicted molar refractivity (Wildman–Crippen MR) is 76.3 cm³/mol. The third-order valence-electron chi connectivity index (χ3n) is 3.80. The van der Waals surface area contributed by atoms with Crippen LogP contribution in [0, 0.1) is 0 Å². The van der Waals surface area contributed by atoms with E-state index in [-0.39, 0.29) is 12.2 Å². The Balaban J connectivity index is 2.19. The molecule has 1 aromatic rings. The molecule has 1 unspecified atom stereocenters. The lowest BCUT2D eigenvalue weighted by molar-refractivity contribution is -0.167. The van der Waals surface area contributed by atoms with E-state index in [1.165, 1.54) is 11.0 Å². The summed E-state index contributed by atoms with van der Waals surface area (Å²) in [6, 6.07) is 6.54. The van der Waals surface area contributed by atoms with Crippen LogP contribution in [0.1, 0.15) is 18.0 Å². The van der Waals surface area contributed by atoms with E-state index in [1.54, 1.807) is 36.4 Å². The number of hydrogen-bond acceptors (Lipinski definition) is 2. The topological polar surface area (TPSA) is 49.4 Å². The van der Waals surface area contributed by atoms with Gasteiger partial charge in [0.15, 0.2) is 0 Å². The molecule has 2 heterocycles. The standard InChI is InChI=1S/C16H13F3N2O2/c17-16(18,19)14(22)12-11-8-4-5-9-21(11)15(23)20-13(12)10-6-2-1-3-7-10/h1-4,6-8,13H,5,9H2,(H,20,23). The molecule has 0 saturated carbocycles. The van der Waals surface area contributed by atoms with Crippen LogP contribution in [-0.4, -0.2) is 29.4 Å². The number of nitrogens with zero attached hydrogens (tertiary/aromatic N) is 1. The molecule has 0 saturated heterocycles. The van der Waals surface area contributed by atoms with Crippen molar-refractivity contribution in [3.63, 3.8) is 0 Å². The first kappa shape index (κ1) is 15.3. The number of allylic oxidation sites excluding steroid dienone is 1. The molecule has 2 aliphatic heterocycles. The third kappa shape index (κ3) is 2.74. The first-order valence-electron chi connectivity index (χ1n) is 7.05. The summed E-state index contributed by atoms with van der Waals surface area (Å²) in [6.45, 7) is 0.244. The van der Waals surface area contributed by atoms with Gasteiger partial charge in [-0.3, -0.25) is 9.69 Å². The summed E-state index contributed by atoms with van der Waals surface area (Å²) >= 11 is 0. The van der Waals surface area contributed by atoms with E-state index in [1.807, 2.05) is 0 Å². The average Bonchev–Trinajstić information content (AvgIpc) is 2.54. The summed E-state index contributed by atoms with van der Waals surface area (Å²) in [5.74, 6) is -1.93. The zero-order chi connectivity index (χ0) is 16.6. The number of alkyl halides is 3. The van der Waals surface area contributed by atoms with Crippen LogP contribution >= 0.6 is 0 Å². The Morgan fingerprint density at radius 2 is 1.91 bits per heavy atom. The summed E-state index contributed by atoms with van der Waals surface area (Å²) in [5.41, 5.74) is 0.00926. The SMILES string of the molecule is O=C1NC(c2ccccc2)C(C(=O)C(F)(F)F)=C2C=CCCN12. The lowest BCUT2D eigenvalue weighted by Gasteiger charge is -2.37. The highest BCUT2D eigenvalue weighted by molar-refractivity contribution is 6.04. The fraction of sp³-hybridized carbons (Fsp3) is 0.250. The maximum atomic E-state index is 13.0. The first-order valence-corrected chi connectivity index (χ1v) is 7.05. The number of urea groups is 1. The molecule has 1 N–H and O–H groups in total. The predicted octanol–water partition coefficient (Wildman–Crippen LogP) is 3.10. The Hall–Kier alpha value is -2.57. The number of ketones is 1. The van der Waals surface area contributed by atoms with Crippen molar-refractivity contribution < 1.29 is 22.8 Å². The normalized spacial score (nSPS) is 21.1. The number of Topliss-reactive ketones (excluding diaryl/α,β-unsaturated/α-hetero) is 1. The van der Waals surface area contributed by atoms with Crippen molar-refractivity contribution in [3.8, 4) is 0 Å². The fourth-order valence-electron chi connectivity index (χ4n) is 2.77. The van der Waals surface area contributed by atoms with Gasteiger partial charge in [0.05, 0.1) is 17.3 Å². The summed E-state index contributed by atoms with van der Waals surface area (Å²) in [6.07, 6.45) is -1.40. The second-order valence-corrected chi connectivity index (χ2v) is 5.26. The Labute approximate surface area is 130 Å². The minimum atomic E-state index is -5.01. The lowest BCUT2D eigenvalue weighted by atomic mass is 9.90. The van der Waals surface area contributed by atoms with E-state index >= 15 is 0 Å². The van der Waals surface area contributed by atoms with Crippen molar-refractivity contribution in [2.75, 3.05) is 6.54 Å². The number of benzene rings is 1. The van der Waals surface area contributed by atoms with Gasteiger partial charge in [0.1, 0.15) is 0 Å². The monoisotopic (exact) mass is 322 g/mol. The lowest BCUT2D eigenvalue weighted by Crippen LogP contribution is -2.50. The van der Waals surface area contributed by atoms with Crippen LogP contribution in [0.5, 0.6) is 0 Å². The minimum absolute atomic E-state index is 0.0242. The molecule has 0 aliphatic carbocycles. The molecule has 120 valence electrons. The molecule has 7 heteroatoms. The van der Waals surface area contributed by atoms with Crippen LogP contribution in [0.25, 0.3) is 0 Å². The van der Waals surface area contributed by atoms with E-state index in [9.17, 15) is 22.8 Å². The molecule has 1 aromatic carbocycles. The van der Waals surface area contributed by atoms with Crippen molar-refractivity contribution in [1.82, 2.24) is 10.2 Å². The number of carbonyl (C=O) groups excluding carboxylic acids is 2. The van der Waals surface area contributed by atoms with Gasteiger partial charge >= 0.3 is 12.2 Å². The molecule has 0 radical (unpaired) electrons. The van der Waals surface area contributed by atoms with E-state index in [2.05, 4.69) is 5.32 Å². The van der Waals surface area contributed by atoms with Gasteiger partial charge in [-0.05, 0) is 18.1 Å². The molecule has 0 bridgehead atoms. The quantitative estimate of drug-likeness (QED) is 0.909. The molecular weight excluding hydrogens is 309 g/mol. The fourth-order valence-corrected chi connectivity index (χ4v) is 2.77. The zero-order valence-electron chi connectivity index (χ0n) is 11.9. The number of amides is 2. The number of hydrogen-bond donors (Lipinski definition) is 1. The molecule has 4 nitrogen and oxygen atoms in total. The third-order valence-corrected chi connectivity index (χ3v) is 3.80. The largest absolute Gasteiger partial charge is 0.454 e. The van der Waals surface area contributed by atoms with E-state index in [0.29, 0.717) is 12.0 Å². The number of rotatable bonds is 2. The van der Waals surface area contributed by atoms with Crippen LogP contribution in [0.3, 0.4) is 0 Å². The first-order chi connectivity index (χ1) is 10.9. The van der Waals surface area contributed by atoms with Gasteiger partial charge in [-0.2, -0.15) is 13.2 Å². The van der Waals surface area contributed by atoms with Crippen LogP contribution < -0.4 is 5.32 Å². The van der Waals surface area contributed by atoms with E-state index in [4.69, 9.17) is 0 Å². The highest BCUT2D eigenvalue weighted by Crippen LogP contribution is 2.37. The number of carbonyl (C=O) groups is 2. The molecule has 1 atom stereocenters. The number of halogens is 3. The number of nitrogens with one attached hydrogen (secondary N) is 1. The maximum Gasteiger partial charge on any atom is 0.454 e.